The predicted octanol–water partition coefficient (Wildman–Crippen LogP) is 5.93. The maximum Gasteiger partial charge on any atom is 0.410 e. The summed E-state index contributed by atoms with van der Waals surface area (Å²) in [6.45, 7) is 0.834. The number of hydrogen-bond acceptors (Lipinski definition) is 9. The molecular formula is C33H31N5O6S. The van der Waals surface area contributed by atoms with Gasteiger partial charge in [-0.3, -0.25) is 19.4 Å². The van der Waals surface area contributed by atoms with Crippen LogP contribution in [-0.4, -0.2) is 57.6 Å². The summed E-state index contributed by atoms with van der Waals surface area (Å²) in [7, 11) is 1.54. The van der Waals surface area contributed by atoms with Crippen LogP contribution >= 0.6 is 11.8 Å². The molecule has 12 heteroatoms. The molecule has 3 amide bonds. The third-order valence-corrected chi connectivity index (χ3v) is 8.70. The van der Waals surface area contributed by atoms with Gasteiger partial charge in [0.05, 0.1) is 31.8 Å². The molecule has 1 N–H and O–H groups in total. The van der Waals surface area contributed by atoms with Crippen LogP contribution in [0.4, 0.5) is 16.2 Å². The zero-order chi connectivity index (χ0) is 31.2. The Bertz CT molecular complexity index is 1660. The van der Waals surface area contributed by atoms with Gasteiger partial charge in [0.15, 0.2) is 5.17 Å². The van der Waals surface area contributed by atoms with Gasteiger partial charge in [0.2, 0.25) is 17.7 Å². The maximum atomic E-state index is 13.6. The Labute approximate surface area is 264 Å². The summed E-state index contributed by atoms with van der Waals surface area (Å²) in [5.41, 5.74) is 2.79. The van der Waals surface area contributed by atoms with E-state index in [0.29, 0.717) is 47.6 Å². The Balaban J connectivity index is 1.12. The van der Waals surface area contributed by atoms with Gasteiger partial charge < -0.3 is 19.2 Å². The summed E-state index contributed by atoms with van der Waals surface area (Å²) in [6, 6.07) is 23.0. The Morgan fingerprint density at radius 1 is 1.07 bits per heavy atom. The highest BCUT2D eigenvalue weighted by Gasteiger charge is 2.40. The van der Waals surface area contributed by atoms with E-state index in [-0.39, 0.29) is 25.0 Å². The lowest BCUT2D eigenvalue weighted by atomic mass is 10.1. The number of rotatable bonds is 9. The summed E-state index contributed by atoms with van der Waals surface area (Å²) >= 11 is 1.33. The van der Waals surface area contributed by atoms with Crippen molar-refractivity contribution < 1.29 is 28.3 Å². The number of amides is 3. The number of carbonyl (C=O) groups is 3. The van der Waals surface area contributed by atoms with Crippen molar-refractivity contribution in [1.82, 2.24) is 14.8 Å². The molecule has 2 aromatic heterocycles. The molecule has 2 aromatic carbocycles. The second kappa shape index (κ2) is 13.7. The molecule has 4 aromatic rings. The summed E-state index contributed by atoms with van der Waals surface area (Å²) in [6.07, 6.45) is 3.90. The minimum absolute atomic E-state index is 0.135. The molecule has 11 nitrogen and oxygen atoms in total. The fraction of sp³-hybridized carbons (Fsp3) is 0.242. The number of thioether (sulfide) groups is 1. The predicted molar refractivity (Wildman–Crippen MR) is 169 cm³/mol. The number of nitrogens with one attached hydrogen (secondary N) is 1. The zero-order valence-corrected chi connectivity index (χ0v) is 25.3. The molecule has 0 aliphatic carbocycles. The molecule has 0 bridgehead atoms. The number of carbonyl (C=O) groups excluding carboxylic acids is 3. The van der Waals surface area contributed by atoms with Gasteiger partial charge in [-0.2, -0.15) is 0 Å². The number of ether oxygens (including phenoxy) is 2. The molecule has 230 valence electrons. The van der Waals surface area contributed by atoms with Gasteiger partial charge in [-0.25, -0.2) is 14.8 Å². The van der Waals surface area contributed by atoms with Crippen molar-refractivity contribution in [1.29, 1.82) is 0 Å². The second-order valence-electron chi connectivity index (χ2n) is 10.5. The topological polar surface area (TPSA) is 127 Å². The van der Waals surface area contributed by atoms with Gasteiger partial charge in [0.1, 0.15) is 23.7 Å². The van der Waals surface area contributed by atoms with Gasteiger partial charge in [-0.1, -0.05) is 54.2 Å². The van der Waals surface area contributed by atoms with Crippen LogP contribution in [0.2, 0.25) is 0 Å². The number of nitrogens with zero attached hydrogens (tertiary/aromatic N) is 4. The fourth-order valence-electron chi connectivity index (χ4n) is 5.15. The van der Waals surface area contributed by atoms with E-state index in [0.717, 1.165) is 11.1 Å². The molecule has 2 saturated heterocycles. The van der Waals surface area contributed by atoms with Gasteiger partial charge in [0, 0.05) is 18.3 Å². The van der Waals surface area contributed by atoms with Crippen LogP contribution in [-0.2, 0) is 27.5 Å². The first kappa shape index (κ1) is 29.9. The van der Waals surface area contributed by atoms with Crippen LogP contribution in [0.25, 0.3) is 0 Å². The number of likely N-dealkylation sites (tertiary alicyclic amines) is 1. The summed E-state index contributed by atoms with van der Waals surface area (Å²) in [4.78, 5) is 51.6. The molecule has 45 heavy (non-hydrogen) atoms. The summed E-state index contributed by atoms with van der Waals surface area (Å²) in [5.74, 6) is 0.683. The van der Waals surface area contributed by atoms with Crippen molar-refractivity contribution in [3.63, 3.8) is 0 Å². The van der Waals surface area contributed by atoms with Crippen molar-refractivity contribution in [3.8, 4) is 5.88 Å². The molecule has 6 rings (SSSR count). The Morgan fingerprint density at radius 2 is 1.89 bits per heavy atom. The molecule has 2 aliphatic rings. The Hall–Kier alpha value is -5.10. The average Bonchev–Trinajstić information content (AvgIpc) is 3.84. The highest BCUT2D eigenvalue weighted by atomic mass is 32.2. The van der Waals surface area contributed by atoms with Crippen molar-refractivity contribution in [2.24, 2.45) is 4.99 Å². The minimum atomic E-state index is -0.624. The second-order valence-corrected chi connectivity index (χ2v) is 11.5. The molecule has 4 heterocycles. The first-order valence-corrected chi connectivity index (χ1v) is 15.3. The zero-order valence-electron chi connectivity index (χ0n) is 24.5. The van der Waals surface area contributed by atoms with E-state index in [1.165, 1.54) is 16.7 Å². The molecule has 0 spiro atoms. The molecule has 0 saturated carbocycles. The van der Waals surface area contributed by atoms with Crippen LogP contribution in [0.5, 0.6) is 5.88 Å². The average molecular weight is 626 g/mol. The lowest BCUT2D eigenvalue weighted by Crippen LogP contribution is -2.43. The quantitative estimate of drug-likeness (QED) is 0.243. The normalized spacial score (nSPS) is 18.8. The number of aromatic nitrogens is 1. The van der Waals surface area contributed by atoms with E-state index in [1.807, 2.05) is 48.5 Å². The fourth-order valence-corrected chi connectivity index (χ4v) is 6.33. The Morgan fingerprint density at radius 3 is 2.60 bits per heavy atom. The van der Waals surface area contributed by atoms with Gasteiger partial charge in [-0.15, -0.1) is 0 Å². The molecule has 2 atom stereocenters. The van der Waals surface area contributed by atoms with E-state index in [2.05, 4.69) is 10.3 Å². The molecule has 1 unspecified atom stereocenters. The number of furan rings is 1. The lowest BCUT2D eigenvalue weighted by Gasteiger charge is -2.23. The first-order chi connectivity index (χ1) is 22.0. The highest BCUT2D eigenvalue weighted by Crippen LogP contribution is 2.41. The highest BCUT2D eigenvalue weighted by molar-refractivity contribution is 8.15. The van der Waals surface area contributed by atoms with E-state index in [1.54, 1.807) is 54.8 Å². The number of anilines is 1. The lowest BCUT2D eigenvalue weighted by molar-refractivity contribution is -0.126. The van der Waals surface area contributed by atoms with Crippen LogP contribution in [0, 0.1) is 0 Å². The van der Waals surface area contributed by atoms with E-state index < -0.39 is 17.4 Å². The number of pyridine rings is 1. The van der Waals surface area contributed by atoms with Crippen molar-refractivity contribution >= 4 is 46.2 Å². The SMILES string of the molecule is COc1ccc(N=C2SC(c3ccc(NC(=O)[C@@H]4CCCN4C(=O)OCc4ccccc4)cc3)C(=O)N2Cc2ccco2)cn1. The Kier molecular flexibility index (Phi) is 9.11. The molecular weight excluding hydrogens is 594 g/mol. The number of aliphatic imine (C=N–C) groups is 1. The van der Waals surface area contributed by atoms with Gasteiger partial charge in [0.25, 0.3) is 0 Å². The van der Waals surface area contributed by atoms with Gasteiger partial charge in [-0.05, 0) is 54.3 Å². The monoisotopic (exact) mass is 625 g/mol. The van der Waals surface area contributed by atoms with Crippen molar-refractivity contribution in [2.45, 2.75) is 37.3 Å². The summed E-state index contributed by atoms with van der Waals surface area (Å²) in [5, 5.41) is 2.89. The number of benzene rings is 2. The largest absolute Gasteiger partial charge is 0.481 e. The first-order valence-electron chi connectivity index (χ1n) is 14.5. The van der Waals surface area contributed by atoms with E-state index in [4.69, 9.17) is 18.9 Å². The van der Waals surface area contributed by atoms with Crippen LogP contribution < -0.4 is 10.1 Å². The third-order valence-electron chi connectivity index (χ3n) is 7.47. The van der Waals surface area contributed by atoms with Crippen LogP contribution in [0.1, 0.15) is 35.0 Å². The number of hydrogen-bond donors (Lipinski definition) is 1. The van der Waals surface area contributed by atoms with E-state index in [9.17, 15) is 14.4 Å². The molecule has 2 fully saturated rings. The van der Waals surface area contributed by atoms with E-state index >= 15 is 0 Å². The number of methoxy groups -OCH3 is 1. The standard InChI is InChI=1S/C33H31N5O6S/c1-42-28-16-15-25(19-34-28)36-32-38(20-26-9-6-18-43-26)31(40)29(45-32)23-11-13-24(14-12-23)35-30(39)27-10-5-17-37(27)33(41)44-21-22-7-3-2-4-8-22/h2-4,6-9,11-16,18-19,27,29H,5,10,17,20-21H2,1H3,(H,35,39)/t27-,29?/m0/s1. The molecule has 2 aliphatic heterocycles. The molecule has 0 radical (unpaired) electrons. The summed E-state index contributed by atoms with van der Waals surface area (Å²) < 4.78 is 16.1. The minimum Gasteiger partial charge on any atom is -0.481 e. The van der Waals surface area contributed by atoms with Crippen LogP contribution in [0.3, 0.4) is 0 Å². The third kappa shape index (κ3) is 7.01. The van der Waals surface area contributed by atoms with Crippen molar-refractivity contribution in [3.05, 3.63) is 108 Å². The van der Waals surface area contributed by atoms with Crippen LogP contribution in [0.15, 0.2) is 101 Å². The maximum absolute atomic E-state index is 13.6. The smallest absolute Gasteiger partial charge is 0.410 e. The van der Waals surface area contributed by atoms with Gasteiger partial charge >= 0.3 is 6.09 Å². The number of amidine groups is 1. The van der Waals surface area contributed by atoms with Crippen molar-refractivity contribution in [2.75, 3.05) is 19.0 Å².